The molecule has 0 spiro atoms. The maximum atomic E-state index is 12.1. The summed E-state index contributed by atoms with van der Waals surface area (Å²) in [5, 5.41) is 12.2. The summed E-state index contributed by atoms with van der Waals surface area (Å²) >= 11 is 0. The molecule has 0 aliphatic rings. The molecule has 0 saturated heterocycles. The lowest BCUT2D eigenvalue weighted by Crippen LogP contribution is -2.30. The van der Waals surface area contributed by atoms with E-state index in [0.29, 0.717) is 0 Å². The highest BCUT2D eigenvalue weighted by molar-refractivity contribution is 5.94. The first-order chi connectivity index (χ1) is 8.36. The van der Waals surface area contributed by atoms with Crippen molar-refractivity contribution in [1.29, 1.82) is 0 Å². The fourth-order valence-electron chi connectivity index (χ4n) is 2.19. The van der Waals surface area contributed by atoms with Crippen LogP contribution < -0.4 is 5.32 Å². The van der Waals surface area contributed by atoms with Crippen molar-refractivity contribution < 1.29 is 9.90 Å². The number of aliphatic hydroxyl groups excluding tert-OH is 1. The summed E-state index contributed by atoms with van der Waals surface area (Å²) in [6, 6.07) is 4.10. The Bertz CT molecular complexity index is 415. The summed E-state index contributed by atoms with van der Waals surface area (Å²) < 4.78 is 0. The highest BCUT2D eigenvalue weighted by Crippen LogP contribution is 2.23. The smallest absolute Gasteiger partial charge is 0.230 e. The Morgan fingerprint density at radius 2 is 1.72 bits per heavy atom. The molecule has 1 aromatic rings. The predicted octanol–water partition coefficient (Wildman–Crippen LogP) is 2.81. The Morgan fingerprint density at radius 3 is 2.11 bits per heavy atom. The lowest BCUT2D eigenvalue weighted by atomic mass is 9.95. The van der Waals surface area contributed by atoms with E-state index < -0.39 is 0 Å². The van der Waals surface area contributed by atoms with Gasteiger partial charge in [-0.3, -0.25) is 4.79 Å². The number of hydrogen-bond donors (Lipinski definition) is 2. The SMILES string of the molecule is Cc1cc(C)c(NC(=O)C(CO)C(C)C)c(C)c1. The average Bonchev–Trinajstić information content (AvgIpc) is 2.23. The van der Waals surface area contributed by atoms with Gasteiger partial charge < -0.3 is 10.4 Å². The largest absolute Gasteiger partial charge is 0.396 e. The Labute approximate surface area is 109 Å². The maximum Gasteiger partial charge on any atom is 0.230 e. The van der Waals surface area contributed by atoms with Gasteiger partial charge in [0, 0.05) is 5.69 Å². The fourth-order valence-corrected chi connectivity index (χ4v) is 2.19. The van der Waals surface area contributed by atoms with Crippen molar-refractivity contribution in [2.45, 2.75) is 34.6 Å². The van der Waals surface area contributed by atoms with Crippen LogP contribution in [0.5, 0.6) is 0 Å². The Balaban J connectivity index is 2.95. The number of amides is 1. The molecule has 1 amide bonds. The van der Waals surface area contributed by atoms with Gasteiger partial charge in [-0.2, -0.15) is 0 Å². The first-order valence-corrected chi connectivity index (χ1v) is 6.36. The number of hydrogen-bond acceptors (Lipinski definition) is 2. The van der Waals surface area contributed by atoms with Crippen LogP contribution in [0.3, 0.4) is 0 Å². The van der Waals surface area contributed by atoms with Crippen LogP contribution in [0, 0.1) is 32.6 Å². The van der Waals surface area contributed by atoms with Gasteiger partial charge >= 0.3 is 0 Å². The lowest BCUT2D eigenvalue weighted by molar-refractivity contribution is -0.122. The molecule has 0 radical (unpaired) electrons. The maximum absolute atomic E-state index is 12.1. The second-order valence-corrected chi connectivity index (χ2v) is 5.30. The summed E-state index contributed by atoms with van der Waals surface area (Å²) in [5.74, 6) is -0.339. The highest BCUT2D eigenvalue weighted by atomic mass is 16.3. The minimum absolute atomic E-state index is 0.109. The van der Waals surface area contributed by atoms with Crippen molar-refractivity contribution in [3.05, 3.63) is 28.8 Å². The van der Waals surface area contributed by atoms with E-state index in [1.54, 1.807) is 0 Å². The number of carbonyl (C=O) groups excluding carboxylic acids is 1. The van der Waals surface area contributed by atoms with Gasteiger partial charge in [-0.15, -0.1) is 0 Å². The van der Waals surface area contributed by atoms with Crippen LogP contribution in [0.25, 0.3) is 0 Å². The molecule has 1 aromatic carbocycles. The van der Waals surface area contributed by atoms with Gasteiger partial charge in [0.2, 0.25) is 5.91 Å². The zero-order valence-corrected chi connectivity index (χ0v) is 11.9. The van der Waals surface area contributed by atoms with Gasteiger partial charge in [0.15, 0.2) is 0 Å². The quantitative estimate of drug-likeness (QED) is 0.862. The molecule has 0 heterocycles. The molecule has 3 heteroatoms. The summed E-state index contributed by atoms with van der Waals surface area (Å²) in [5.41, 5.74) is 4.16. The van der Waals surface area contributed by atoms with E-state index in [2.05, 4.69) is 5.32 Å². The highest BCUT2D eigenvalue weighted by Gasteiger charge is 2.22. The van der Waals surface area contributed by atoms with E-state index >= 15 is 0 Å². The molecule has 1 rings (SSSR count). The third-order valence-corrected chi connectivity index (χ3v) is 3.26. The Hall–Kier alpha value is -1.35. The van der Waals surface area contributed by atoms with Crippen molar-refractivity contribution in [3.63, 3.8) is 0 Å². The molecular weight excluding hydrogens is 226 g/mol. The summed E-state index contributed by atoms with van der Waals surface area (Å²) in [6.45, 7) is 9.77. The predicted molar refractivity (Wildman–Crippen MR) is 74.7 cm³/mol. The Kier molecular flexibility index (Phi) is 4.91. The average molecular weight is 249 g/mol. The number of anilines is 1. The third kappa shape index (κ3) is 3.33. The summed E-state index contributed by atoms with van der Waals surface area (Å²) in [4.78, 5) is 12.1. The van der Waals surface area contributed by atoms with Crippen LogP contribution in [0.15, 0.2) is 12.1 Å². The Morgan fingerprint density at radius 1 is 1.22 bits per heavy atom. The van der Waals surface area contributed by atoms with Crippen LogP contribution >= 0.6 is 0 Å². The molecule has 0 aliphatic carbocycles. The molecule has 0 bridgehead atoms. The molecule has 0 aliphatic heterocycles. The van der Waals surface area contributed by atoms with Crippen molar-refractivity contribution in [1.82, 2.24) is 0 Å². The van der Waals surface area contributed by atoms with Crippen LogP contribution in [0.4, 0.5) is 5.69 Å². The third-order valence-electron chi connectivity index (χ3n) is 3.26. The summed E-state index contributed by atoms with van der Waals surface area (Å²) in [7, 11) is 0. The second kappa shape index (κ2) is 6.01. The minimum atomic E-state index is -0.356. The number of rotatable bonds is 4. The van der Waals surface area contributed by atoms with Crippen LogP contribution in [0.2, 0.25) is 0 Å². The van der Waals surface area contributed by atoms with Crippen LogP contribution in [-0.4, -0.2) is 17.6 Å². The van der Waals surface area contributed by atoms with Gasteiger partial charge in [-0.05, 0) is 37.8 Å². The van der Waals surface area contributed by atoms with Gasteiger partial charge in [0.05, 0.1) is 12.5 Å². The second-order valence-electron chi connectivity index (χ2n) is 5.30. The van der Waals surface area contributed by atoms with E-state index in [4.69, 9.17) is 0 Å². The number of carbonyl (C=O) groups is 1. The van der Waals surface area contributed by atoms with Crippen molar-refractivity contribution in [2.75, 3.05) is 11.9 Å². The molecular formula is C15H23NO2. The molecule has 3 nitrogen and oxygen atoms in total. The molecule has 0 aromatic heterocycles. The topological polar surface area (TPSA) is 49.3 Å². The summed E-state index contributed by atoms with van der Waals surface area (Å²) in [6.07, 6.45) is 0. The minimum Gasteiger partial charge on any atom is -0.396 e. The molecule has 100 valence electrons. The molecule has 0 saturated carbocycles. The first-order valence-electron chi connectivity index (χ1n) is 6.36. The fraction of sp³-hybridized carbons (Fsp3) is 0.533. The van der Waals surface area contributed by atoms with Crippen molar-refractivity contribution in [2.24, 2.45) is 11.8 Å². The number of benzene rings is 1. The zero-order chi connectivity index (χ0) is 13.9. The van der Waals surface area contributed by atoms with E-state index in [1.807, 2.05) is 46.8 Å². The monoisotopic (exact) mass is 249 g/mol. The van der Waals surface area contributed by atoms with Gasteiger partial charge in [-0.25, -0.2) is 0 Å². The standard InChI is InChI=1S/C15H23NO2/c1-9(2)13(8-17)15(18)16-14-11(4)6-10(3)7-12(14)5/h6-7,9,13,17H,8H2,1-5H3,(H,16,18). The van der Waals surface area contributed by atoms with Gasteiger partial charge in [0.25, 0.3) is 0 Å². The zero-order valence-electron chi connectivity index (χ0n) is 11.9. The molecule has 1 atom stereocenters. The molecule has 18 heavy (non-hydrogen) atoms. The number of aryl methyl sites for hydroxylation is 3. The molecule has 1 unspecified atom stereocenters. The first kappa shape index (κ1) is 14.7. The normalized spacial score (nSPS) is 12.6. The molecule has 2 N–H and O–H groups in total. The van der Waals surface area contributed by atoms with Crippen molar-refractivity contribution in [3.8, 4) is 0 Å². The van der Waals surface area contributed by atoms with Gasteiger partial charge in [-0.1, -0.05) is 31.5 Å². The van der Waals surface area contributed by atoms with E-state index in [-0.39, 0.29) is 24.3 Å². The van der Waals surface area contributed by atoms with Crippen molar-refractivity contribution >= 4 is 11.6 Å². The lowest BCUT2D eigenvalue weighted by Gasteiger charge is -2.20. The number of aliphatic hydroxyl groups is 1. The van der Waals surface area contributed by atoms with E-state index in [1.165, 1.54) is 5.56 Å². The van der Waals surface area contributed by atoms with E-state index in [9.17, 15) is 9.90 Å². The van der Waals surface area contributed by atoms with Crippen LogP contribution in [-0.2, 0) is 4.79 Å². The molecule has 0 fully saturated rings. The van der Waals surface area contributed by atoms with Gasteiger partial charge in [0.1, 0.15) is 0 Å². The van der Waals surface area contributed by atoms with Crippen LogP contribution in [0.1, 0.15) is 30.5 Å². The number of nitrogens with one attached hydrogen (secondary N) is 1. The van der Waals surface area contributed by atoms with E-state index in [0.717, 1.165) is 16.8 Å².